The molecule has 3 N–H and O–H groups in total. The molecule has 0 aliphatic carbocycles. The quantitative estimate of drug-likeness (QED) is 0.607. The lowest BCUT2D eigenvalue weighted by Gasteiger charge is -2.17. The molecule has 0 saturated carbocycles. The van der Waals surface area contributed by atoms with Crippen molar-refractivity contribution in [3.63, 3.8) is 0 Å². The van der Waals surface area contributed by atoms with Crippen LogP contribution in [0.15, 0.2) is 0 Å². The number of ether oxygens (including phenoxy) is 1. The lowest BCUT2D eigenvalue weighted by molar-refractivity contribution is 0.0880. The van der Waals surface area contributed by atoms with Crippen molar-refractivity contribution < 1.29 is 4.74 Å². The lowest BCUT2D eigenvalue weighted by Crippen LogP contribution is -2.30. The van der Waals surface area contributed by atoms with E-state index in [2.05, 4.69) is 16.0 Å². The van der Waals surface area contributed by atoms with Gasteiger partial charge in [-0.3, -0.25) is 0 Å². The van der Waals surface area contributed by atoms with Gasteiger partial charge in [-0.15, -0.1) is 0 Å². The summed E-state index contributed by atoms with van der Waals surface area (Å²) in [5.74, 6) is 0. The molecule has 1 fully saturated rings. The SMILES string of the molecule is COC1CCNCCCNCCCNCC1. The molecule has 96 valence electrons. The van der Waals surface area contributed by atoms with E-state index in [-0.39, 0.29) is 0 Å². The molecule has 1 saturated heterocycles. The fourth-order valence-electron chi connectivity index (χ4n) is 1.96. The third-order valence-electron chi connectivity index (χ3n) is 3.03. The first-order chi connectivity index (χ1) is 7.93. The van der Waals surface area contributed by atoms with Gasteiger partial charge < -0.3 is 20.7 Å². The van der Waals surface area contributed by atoms with Gasteiger partial charge in [-0.05, 0) is 65.0 Å². The van der Waals surface area contributed by atoms with Crippen molar-refractivity contribution in [2.45, 2.75) is 31.8 Å². The molecule has 0 radical (unpaired) electrons. The fraction of sp³-hybridized carbons (Fsp3) is 1.00. The van der Waals surface area contributed by atoms with Crippen LogP contribution in [0.2, 0.25) is 0 Å². The zero-order chi connectivity index (χ0) is 11.5. The third-order valence-corrected chi connectivity index (χ3v) is 3.03. The third kappa shape index (κ3) is 7.17. The largest absolute Gasteiger partial charge is 0.381 e. The van der Waals surface area contributed by atoms with Crippen molar-refractivity contribution in [3.8, 4) is 0 Å². The van der Waals surface area contributed by atoms with Gasteiger partial charge in [0.1, 0.15) is 0 Å². The van der Waals surface area contributed by atoms with Gasteiger partial charge in [0.25, 0.3) is 0 Å². The van der Waals surface area contributed by atoms with Crippen LogP contribution in [0.25, 0.3) is 0 Å². The summed E-state index contributed by atoms with van der Waals surface area (Å²) in [6.45, 7) is 6.61. The second kappa shape index (κ2) is 10.0. The Morgan fingerprint density at radius 2 is 1.19 bits per heavy atom. The van der Waals surface area contributed by atoms with E-state index in [1.807, 2.05) is 7.11 Å². The van der Waals surface area contributed by atoms with Crippen LogP contribution in [0.5, 0.6) is 0 Å². The predicted octanol–water partition coefficient (Wildman–Crippen LogP) is 0.344. The van der Waals surface area contributed by atoms with Crippen LogP contribution in [0.3, 0.4) is 0 Å². The monoisotopic (exact) mass is 229 g/mol. The Bertz CT molecular complexity index is 141. The zero-order valence-corrected chi connectivity index (χ0v) is 10.6. The van der Waals surface area contributed by atoms with E-state index in [1.165, 1.54) is 12.8 Å². The molecule has 0 spiro atoms. The number of nitrogens with one attached hydrogen (secondary N) is 3. The van der Waals surface area contributed by atoms with E-state index in [0.717, 1.165) is 52.1 Å². The molecule has 1 aliphatic rings. The summed E-state index contributed by atoms with van der Waals surface area (Å²) in [5.41, 5.74) is 0. The molecule has 1 rings (SSSR count). The maximum Gasteiger partial charge on any atom is 0.0595 e. The first-order valence-electron chi connectivity index (χ1n) is 6.58. The van der Waals surface area contributed by atoms with Crippen LogP contribution in [-0.2, 0) is 4.74 Å². The second-order valence-electron chi connectivity index (χ2n) is 4.39. The smallest absolute Gasteiger partial charge is 0.0595 e. The highest BCUT2D eigenvalue weighted by Crippen LogP contribution is 2.01. The van der Waals surface area contributed by atoms with Crippen molar-refractivity contribution in [2.24, 2.45) is 0 Å². The summed E-state index contributed by atoms with van der Waals surface area (Å²) < 4.78 is 5.46. The van der Waals surface area contributed by atoms with Gasteiger partial charge in [0.15, 0.2) is 0 Å². The molecule has 1 heterocycles. The topological polar surface area (TPSA) is 45.3 Å². The van der Waals surface area contributed by atoms with Crippen molar-refractivity contribution in [3.05, 3.63) is 0 Å². The molecule has 4 heteroatoms. The van der Waals surface area contributed by atoms with Crippen molar-refractivity contribution in [1.82, 2.24) is 16.0 Å². The van der Waals surface area contributed by atoms with E-state index < -0.39 is 0 Å². The van der Waals surface area contributed by atoms with Crippen LogP contribution in [-0.4, -0.2) is 52.5 Å². The minimum atomic E-state index is 0.404. The highest BCUT2D eigenvalue weighted by Gasteiger charge is 2.06. The van der Waals surface area contributed by atoms with E-state index >= 15 is 0 Å². The normalized spacial score (nSPS) is 23.8. The molecule has 0 amide bonds. The van der Waals surface area contributed by atoms with Gasteiger partial charge >= 0.3 is 0 Å². The average Bonchev–Trinajstić information content (AvgIpc) is 2.32. The van der Waals surface area contributed by atoms with E-state index in [1.54, 1.807) is 0 Å². The van der Waals surface area contributed by atoms with Crippen LogP contribution < -0.4 is 16.0 Å². The maximum absolute atomic E-state index is 5.46. The van der Waals surface area contributed by atoms with Crippen LogP contribution in [0, 0.1) is 0 Å². The number of methoxy groups -OCH3 is 1. The van der Waals surface area contributed by atoms with E-state index in [0.29, 0.717) is 6.10 Å². The minimum Gasteiger partial charge on any atom is -0.381 e. The average molecular weight is 229 g/mol. The van der Waals surface area contributed by atoms with E-state index in [9.17, 15) is 0 Å². The molecule has 0 bridgehead atoms. The van der Waals surface area contributed by atoms with E-state index in [4.69, 9.17) is 4.74 Å². The molecule has 0 aromatic carbocycles. The Labute approximate surface area is 99.5 Å². The summed E-state index contributed by atoms with van der Waals surface area (Å²) >= 11 is 0. The second-order valence-corrected chi connectivity index (χ2v) is 4.39. The Balaban J connectivity index is 2.16. The Kier molecular flexibility index (Phi) is 8.71. The summed E-state index contributed by atoms with van der Waals surface area (Å²) in [6, 6.07) is 0. The first-order valence-corrected chi connectivity index (χ1v) is 6.58. The molecule has 0 aromatic rings. The van der Waals surface area contributed by atoms with Gasteiger partial charge in [0.2, 0.25) is 0 Å². The number of hydrogen-bond acceptors (Lipinski definition) is 4. The van der Waals surface area contributed by atoms with Gasteiger partial charge in [-0.25, -0.2) is 0 Å². The lowest BCUT2D eigenvalue weighted by atomic mass is 10.2. The predicted molar refractivity (Wildman–Crippen MR) is 67.9 cm³/mol. The molecular formula is C12H27N3O. The van der Waals surface area contributed by atoms with Gasteiger partial charge in [0, 0.05) is 7.11 Å². The maximum atomic E-state index is 5.46. The van der Waals surface area contributed by atoms with Crippen LogP contribution in [0.4, 0.5) is 0 Å². The molecule has 0 unspecified atom stereocenters. The van der Waals surface area contributed by atoms with Gasteiger partial charge in [-0.1, -0.05) is 0 Å². The number of rotatable bonds is 1. The fourth-order valence-corrected chi connectivity index (χ4v) is 1.96. The summed E-state index contributed by atoms with van der Waals surface area (Å²) in [7, 11) is 1.82. The minimum absolute atomic E-state index is 0.404. The number of hydrogen-bond donors (Lipinski definition) is 3. The molecular weight excluding hydrogens is 202 g/mol. The summed E-state index contributed by atoms with van der Waals surface area (Å²) in [6.07, 6.45) is 5.06. The highest BCUT2D eigenvalue weighted by atomic mass is 16.5. The first kappa shape index (κ1) is 13.9. The van der Waals surface area contributed by atoms with Crippen molar-refractivity contribution >= 4 is 0 Å². The Morgan fingerprint density at radius 3 is 1.62 bits per heavy atom. The summed E-state index contributed by atoms with van der Waals surface area (Å²) in [4.78, 5) is 0. The molecule has 16 heavy (non-hydrogen) atoms. The van der Waals surface area contributed by atoms with Gasteiger partial charge in [0.05, 0.1) is 6.10 Å². The Hall–Kier alpha value is -0.160. The van der Waals surface area contributed by atoms with Crippen LogP contribution in [0.1, 0.15) is 25.7 Å². The van der Waals surface area contributed by atoms with Crippen LogP contribution >= 0.6 is 0 Å². The molecule has 0 aromatic heterocycles. The highest BCUT2D eigenvalue weighted by molar-refractivity contribution is 4.63. The molecule has 4 nitrogen and oxygen atoms in total. The standard InChI is InChI=1S/C12H27N3O/c1-16-12-4-10-14-8-2-6-13-7-3-9-15-11-5-12/h12-15H,2-11H2,1H3. The zero-order valence-electron chi connectivity index (χ0n) is 10.6. The van der Waals surface area contributed by atoms with Crippen molar-refractivity contribution in [1.29, 1.82) is 0 Å². The van der Waals surface area contributed by atoms with Gasteiger partial charge in [-0.2, -0.15) is 0 Å². The molecule has 1 aliphatic heterocycles. The van der Waals surface area contributed by atoms with Crippen molar-refractivity contribution in [2.75, 3.05) is 46.4 Å². The molecule has 0 atom stereocenters. The summed E-state index contributed by atoms with van der Waals surface area (Å²) in [5, 5.41) is 10.4. The Morgan fingerprint density at radius 1 is 0.750 bits per heavy atom.